The summed E-state index contributed by atoms with van der Waals surface area (Å²) in [4.78, 5) is 11.9. The molecule has 0 saturated heterocycles. The highest BCUT2D eigenvalue weighted by Gasteiger charge is 2.04. The number of amides is 1. The molecule has 0 bridgehead atoms. The fourth-order valence-corrected chi connectivity index (χ4v) is 2.52. The Balaban J connectivity index is 1.98. The highest BCUT2D eigenvalue weighted by molar-refractivity contribution is 9.10. The zero-order valence-corrected chi connectivity index (χ0v) is 15.8. The van der Waals surface area contributed by atoms with Gasteiger partial charge in [-0.1, -0.05) is 49.9 Å². The molecule has 0 aromatic heterocycles. The molecule has 0 heterocycles. The van der Waals surface area contributed by atoms with E-state index in [2.05, 4.69) is 48.3 Å². The first kappa shape index (κ1) is 18.2. The van der Waals surface area contributed by atoms with Crippen molar-refractivity contribution in [3.8, 4) is 18.1 Å². The second-order valence-electron chi connectivity index (χ2n) is 4.77. The number of hydrogen-bond acceptors (Lipinski definition) is 3. The van der Waals surface area contributed by atoms with Gasteiger partial charge in [-0.15, -0.1) is 6.42 Å². The molecule has 24 heavy (non-hydrogen) atoms. The predicted octanol–water partition coefficient (Wildman–Crippen LogP) is 3.92. The second-order valence-corrected chi connectivity index (χ2v) is 6.60. The number of ether oxygens (including phenoxy) is 1. The fourth-order valence-electron chi connectivity index (χ4n) is 1.87. The lowest BCUT2D eigenvalue weighted by molar-refractivity contribution is -0.120. The van der Waals surface area contributed by atoms with Gasteiger partial charge in [0.2, 0.25) is 5.91 Å². The molecule has 2 aromatic rings. The van der Waals surface area contributed by atoms with Crippen LogP contribution in [-0.4, -0.2) is 18.7 Å². The van der Waals surface area contributed by atoms with Crippen LogP contribution in [0.3, 0.4) is 0 Å². The number of rotatable bonds is 6. The van der Waals surface area contributed by atoms with Gasteiger partial charge in [-0.3, -0.25) is 4.79 Å². The van der Waals surface area contributed by atoms with Crippen LogP contribution in [0, 0.1) is 12.3 Å². The van der Waals surface area contributed by atoms with Gasteiger partial charge in [0.05, 0.1) is 12.6 Å². The van der Waals surface area contributed by atoms with Crippen LogP contribution in [0.1, 0.15) is 11.1 Å². The maximum absolute atomic E-state index is 11.9. The largest absolute Gasteiger partial charge is 0.480 e. The van der Waals surface area contributed by atoms with Crippen molar-refractivity contribution < 1.29 is 9.53 Å². The number of carbonyl (C=O) groups is 1. The minimum Gasteiger partial charge on any atom is -0.480 e. The third-order valence-electron chi connectivity index (χ3n) is 2.95. The Bertz CT molecular complexity index is 781. The first-order valence-electron chi connectivity index (χ1n) is 7.00. The maximum Gasteiger partial charge on any atom is 0.244 e. The smallest absolute Gasteiger partial charge is 0.244 e. The van der Waals surface area contributed by atoms with Crippen molar-refractivity contribution in [2.24, 2.45) is 5.10 Å². The van der Waals surface area contributed by atoms with Gasteiger partial charge in [-0.2, -0.15) is 5.10 Å². The molecule has 1 N–H and O–H groups in total. The summed E-state index contributed by atoms with van der Waals surface area (Å²) in [6.45, 7) is 0.165. The Labute approximate surface area is 157 Å². The van der Waals surface area contributed by atoms with E-state index in [1.54, 1.807) is 6.07 Å². The molecule has 0 aliphatic rings. The van der Waals surface area contributed by atoms with E-state index in [0.717, 1.165) is 14.5 Å². The van der Waals surface area contributed by atoms with Crippen molar-refractivity contribution in [2.75, 3.05) is 6.61 Å². The minimum absolute atomic E-state index is 0.165. The van der Waals surface area contributed by atoms with Crippen molar-refractivity contribution in [1.82, 2.24) is 5.43 Å². The normalized spacial score (nSPS) is 10.4. The lowest BCUT2D eigenvalue weighted by atomic mass is 10.1. The Morgan fingerprint density at radius 1 is 1.21 bits per heavy atom. The molecule has 0 unspecified atom stereocenters. The molecule has 122 valence electrons. The van der Waals surface area contributed by atoms with Crippen LogP contribution in [-0.2, 0) is 11.2 Å². The molecule has 4 nitrogen and oxygen atoms in total. The van der Waals surface area contributed by atoms with Gasteiger partial charge < -0.3 is 4.74 Å². The zero-order chi connectivity index (χ0) is 17.4. The summed E-state index contributed by atoms with van der Waals surface area (Å²) in [5.41, 5.74) is 4.12. The average molecular weight is 450 g/mol. The lowest BCUT2D eigenvalue weighted by Gasteiger charge is -2.06. The van der Waals surface area contributed by atoms with Gasteiger partial charge in [-0.25, -0.2) is 5.43 Å². The van der Waals surface area contributed by atoms with E-state index in [4.69, 9.17) is 11.2 Å². The Morgan fingerprint density at radius 2 is 1.92 bits per heavy atom. The van der Waals surface area contributed by atoms with Gasteiger partial charge in [0.1, 0.15) is 12.4 Å². The van der Waals surface area contributed by atoms with Crippen LogP contribution >= 0.6 is 31.9 Å². The van der Waals surface area contributed by atoms with E-state index in [1.165, 1.54) is 6.21 Å². The summed E-state index contributed by atoms with van der Waals surface area (Å²) in [5.74, 6) is 2.81. The standard InChI is InChI=1S/C18H14Br2N2O2/c1-2-9-24-17-8-7-16(20)11-14(17)12-21-22-18(23)10-13-3-5-15(19)6-4-13/h1,3-8,11-12H,9-10H2,(H,22,23)/b21-12+. The molecule has 0 aliphatic carbocycles. The molecule has 0 radical (unpaired) electrons. The number of carbonyl (C=O) groups excluding carboxylic acids is 1. The highest BCUT2D eigenvalue weighted by atomic mass is 79.9. The van der Waals surface area contributed by atoms with Gasteiger partial charge >= 0.3 is 0 Å². The number of hydrazone groups is 1. The molecular formula is C18H14Br2N2O2. The van der Waals surface area contributed by atoms with Crippen LogP contribution in [0.4, 0.5) is 0 Å². The minimum atomic E-state index is -0.199. The topological polar surface area (TPSA) is 50.7 Å². The van der Waals surface area contributed by atoms with Gasteiger partial charge in [0, 0.05) is 14.5 Å². The number of nitrogens with one attached hydrogen (secondary N) is 1. The number of terminal acetylenes is 1. The van der Waals surface area contributed by atoms with Gasteiger partial charge in [-0.05, 0) is 35.9 Å². The van der Waals surface area contributed by atoms with Crippen LogP contribution in [0.25, 0.3) is 0 Å². The molecule has 2 rings (SSSR count). The van der Waals surface area contributed by atoms with E-state index in [9.17, 15) is 4.79 Å². The Kier molecular flexibility index (Phi) is 7.04. The summed E-state index contributed by atoms with van der Waals surface area (Å²) < 4.78 is 7.28. The van der Waals surface area contributed by atoms with E-state index < -0.39 is 0 Å². The Hall–Kier alpha value is -2.10. The van der Waals surface area contributed by atoms with E-state index in [1.807, 2.05) is 36.4 Å². The van der Waals surface area contributed by atoms with Crippen molar-refractivity contribution in [2.45, 2.75) is 6.42 Å². The number of nitrogens with zero attached hydrogens (tertiary/aromatic N) is 1. The SMILES string of the molecule is C#CCOc1ccc(Br)cc1/C=N/NC(=O)Cc1ccc(Br)cc1. The average Bonchev–Trinajstić information content (AvgIpc) is 2.56. The summed E-state index contributed by atoms with van der Waals surface area (Å²) >= 11 is 6.74. The first-order chi connectivity index (χ1) is 11.6. The third-order valence-corrected chi connectivity index (χ3v) is 3.98. The quantitative estimate of drug-likeness (QED) is 0.412. The molecule has 1 amide bonds. The third kappa shape index (κ3) is 5.84. The van der Waals surface area contributed by atoms with Crippen molar-refractivity contribution in [3.05, 3.63) is 62.5 Å². The second kappa shape index (κ2) is 9.26. The zero-order valence-electron chi connectivity index (χ0n) is 12.6. The molecule has 0 atom stereocenters. The number of halogens is 2. The van der Waals surface area contributed by atoms with Crippen LogP contribution in [0.2, 0.25) is 0 Å². The maximum atomic E-state index is 11.9. The van der Waals surface area contributed by atoms with Crippen molar-refractivity contribution in [1.29, 1.82) is 0 Å². The van der Waals surface area contributed by atoms with E-state index in [-0.39, 0.29) is 18.9 Å². The summed E-state index contributed by atoms with van der Waals surface area (Å²) in [6, 6.07) is 13.0. The van der Waals surface area contributed by atoms with Crippen molar-refractivity contribution in [3.63, 3.8) is 0 Å². The van der Waals surface area contributed by atoms with E-state index in [0.29, 0.717) is 11.3 Å². The molecular weight excluding hydrogens is 436 g/mol. The van der Waals surface area contributed by atoms with E-state index >= 15 is 0 Å². The molecule has 6 heteroatoms. The summed E-state index contributed by atoms with van der Waals surface area (Å²) in [6.07, 6.45) is 6.98. The van der Waals surface area contributed by atoms with Gasteiger partial charge in [0.15, 0.2) is 0 Å². The molecule has 0 saturated carbocycles. The number of hydrogen-bond donors (Lipinski definition) is 1. The Morgan fingerprint density at radius 3 is 2.62 bits per heavy atom. The van der Waals surface area contributed by atoms with Crippen LogP contribution in [0.15, 0.2) is 56.5 Å². The highest BCUT2D eigenvalue weighted by Crippen LogP contribution is 2.21. The fraction of sp³-hybridized carbons (Fsp3) is 0.111. The van der Waals surface area contributed by atoms with Crippen LogP contribution in [0.5, 0.6) is 5.75 Å². The first-order valence-corrected chi connectivity index (χ1v) is 8.59. The molecule has 2 aromatic carbocycles. The molecule has 0 aliphatic heterocycles. The van der Waals surface area contributed by atoms with Crippen molar-refractivity contribution >= 4 is 44.0 Å². The lowest BCUT2D eigenvalue weighted by Crippen LogP contribution is -2.19. The predicted molar refractivity (Wildman–Crippen MR) is 102 cm³/mol. The molecule has 0 spiro atoms. The van der Waals surface area contributed by atoms with Gasteiger partial charge in [0.25, 0.3) is 0 Å². The summed E-state index contributed by atoms with van der Waals surface area (Å²) in [7, 11) is 0. The molecule has 0 fully saturated rings. The monoisotopic (exact) mass is 448 g/mol. The van der Waals surface area contributed by atoms with Crippen LogP contribution < -0.4 is 10.2 Å². The summed E-state index contributed by atoms with van der Waals surface area (Å²) in [5, 5.41) is 3.98. The number of benzene rings is 2.